The Hall–Kier alpha value is -3.92. The lowest BCUT2D eigenvalue weighted by Crippen LogP contribution is -2.42. The van der Waals surface area contributed by atoms with Crippen molar-refractivity contribution in [2.24, 2.45) is 37.8 Å². The van der Waals surface area contributed by atoms with Gasteiger partial charge in [-0.15, -0.1) is 0 Å². The van der Waals surface area contributed by atoms with Crippen LogP contribution in [-0.2, 0) is 9.68 Å². The zero-order valence-corrected chi connectivity index (χ0v) is 17.8. The number of nitrogens with zero attached hydrogens (tertiary/aromatic N) is 5. The van der Waals surface area contributed by atoms with Gasteiger partial charge in [0.05, 0.1) is 36.6 Å². The van der Waals surface area contributed by atoms with Crippen LogP contribution in [0.2, 0.25) is 0 Å². The van der Waals surface area contributed by atoms with E-state index >= 15 is 0 Å². The zero-order valence-electron chi connectivity index (χ0n) is 17.8. The molecule has 3 rings (SSSR count). The molecule has 0 bridgehead atoms. The first-order chi connectivity index (χ1) is 14.7. The number of carbonyl (C=O) groups excluding carboxylic acids is 1. The molecule has 1 aromatic rings. The highest BCUT2D eigenvalue weighted by Crippen LogP contribution is 2.78. The lowest BCUT2D eigenvalue weighted by molar-refractivity contribution is -0.262. The van der Waals surface area contributed by atoms with Crippen LogP contribution in [0, 0.1) is 39.4 Å². The number of ketones is 1. The Balaban J connectivity index is 2.17. The van der Waals surface area contributed by atoms with Gasteiger partial charge in [0.25, 0.3) is 0 Å². The average Bonchev–Trinajstić information content (AvgIpc) is 3.33. The zero-order chi connectivity index (χ0) is 23.0. The van der Waals surface area contributed by atoms with Crippen molar-refractivity contribution in [3.8, 4) is 17.9 Å². The highest BCUT2D eigenvalue weighted by molar-refractivity contribution is 6.12. The van der Waals surface area contributed by atoms with Crippen molar-refractivity contribution in [2.45, 2.75) is 33.6 Å². The maximum atomic E-state index is 13.4. The van der Waals surface area contributed by atoms with E-state index in [-0.39, 0.29) is 11.4 Å². The van der Waals surface area contributed by atoms with E-state index < -0.39 is 28.4 Å². The minimum Gasteiger partial charge on any atom is -0.497 e. The van der Waals surface area contributed by atoms with Gasteiger partial charge in [0.1, 0.15) is 11.6 Å². The molecular formula is C21H22N6O4. The fraction of sp³-hybridized carbons (Fsp3) is 0.429. The summed E-state index contributed by atoms with van der Waals surface area (Å²) in [6, 6.07) is 10.4. The summed E-state index contributed by atoms with van der Waals surface area (Å²) in [5.74, 6) is -3.55. The Morgan fingerprint density at radius 3 is 2.03 bits per heavy atom. The highest BCUT2D eigenvalue weighted by atomic mass is 16.8. The molecule has 2 aliphatic rings. The van der Waals surface area contributed by atoms with Crippen LogP contribution < -0.4 is 10.5 Å². The standard InChI is InChI=1S/C21H22N6O4/c1-12(2)26-30-21(31-27-13(3)4)20(11-23)17(19(20,10-22)18(24)25-21)16(28)14-6-8-15(29-5)9-7-14/h6-9,17H,1-5H3,(H2,24,25)/t17-,19-,20-/m1/s1. The van der Waals surface area contributed by atoms with Crippen molar-refractivity contribution < 1.29 is 19.2 Å². The third kappa shape index (κ3) is 2.83. The number of aliphatic imine (C=N–C) groups is 1. The van der Waals surface area contributed by atoms with Crippen molar-refractivity contribution in [1.82, 2.24) is 0 Å². The molecule has 10 nitrogen and oxygen atoms in total. The minimum absolute atomic E-state index is 0.240. The third-order valence-corrected chi connectivity index (χ3v) is 5.27. The molecular weight excluding hydrogens is 400 g/mol. The summed E-state index contributed by atoms with van der Waals surface area (Å²) in [6.07, 6.45) is 0. The van der Waals surface area contributed by atoms with E-state index in [9.17, 15) is 15.3 Å². The number of rotatable bonds is 7. The predicted octanol–water partition coefficient (Wildman–Crippen LogP) is 2.38. The quantitative estimate of drug-likeness (QED) is 0.306. The molecule has 3 atom stereocenters. The fourth-order valence-electron chi connectivity index (χ4n) is 3.85. The number of nitriles is 2. The molecule has 1 aromatic carbocycles. The number of Topliss-reactive ketones (excluding diaryl/α,β-unsaturated/α-hetero) is 1. The summed E-state index contributed by atoms with van der Waals surface area (Å²) >= 11 is 0. The van der Waals surface area contributed by atoms with Crippen LogP contribution in [0.1, 0.15) is 38.1 Å². The molecule has 0 amide bonds. The van der Waals surface area contributed by atoms with Crippen molar-refractivity contribution >= 4 is 23.0 Å². The molecule has 1 aliphatic carbocycles. The second kappa shape index (κ2) is 7.40. The summed E-state index contributed by atoms with van der Waals surface area (Å²) in [4.78, 5) is 28.7. The smallest absolute Gasteiger partial charge is 0.421 e. The minimum atomic E-state index is -2.19. The van der Waals surface area contributed by atoms with Gasteiger partial charge >= 0.3 is 5.91 Å². The molecule has 10 heteroatoms. The van der Waals surface area contributed by atoms with Gasteiger partial charge in [-0.2, -0.15) is 15.5 Å². The summed E-state index contributed by atoms with van der Waals surface area (Å²) in [5, 5.41) is 28.1. The normalized spacial score (nSPS) is 26.8. The number of methoxy groups -OCH3 is 1. The molecule has 1 aliphatic heterocycles. The number of hydrogen-bond donors (Lipinski definition) is 1. The first-order valence-electron chi connectivity index (χ1n) is 9.41. The Labute approximate surface area is 179 Å². The molecule has 31 heavy (non-hydrogen) atoms. The van der Waals surface area contributed by atoms with Gasteiger partial charge in [0.15, 0.2) is 11.2 Å². The largest absolute Gasteiger partial charge is 0.497 e. The topological polar surface area (TPSA) is 155 Å². The Kier molecular flexibility index (Phi) is 5.20. The lowest BCUT2D eigenvalue weighted by atomic mass is 9.94. The Morgan fingerprint density at radius 1 is 1.06 bits per heavy atom. The van der Waals surface area contributed by atoms with Gasteiger partial charge in [-0.25, -0.2) is 0 Å². The number of fused-ring (bicyclic) bond motifs is 1. The maximum absolute atomic E-state index is 13.4. The second-order valence-electron chi connectivity index (χ2n) is 7.70. The monoisotopic (exact) mass is 422 g/mol. The van der Waals surface area contributed by atoms with E-state index in [1.807, 2.05) is 12.1 Å². The van der Waals surface area contributed by atoms with Crippen LogP contribution in [0.25, 0.3) is 0 Å². The summed E-state index contributed by atoms with van der Waals surface area (Å²) in [7, 11) is 1.50. The third-order valence-electron chi connectivity index (χ3n) is 5.27. The van der Waals surface area contributed by atoms with E-state index in [1.54, 1.807) is 52.0 Å². The van der Waals surface area contributed by atoms with Crippen molar-refractivity contribution in [1.29, 1.82) is 10.5 Å². The second-order valence-corrected chi connectivity index (χ2v) is 7.70. The molecule has 0 unspecified atom stereocenters. The van der Waals surface area contributed by atoms with Gasteiger partial charge in [0.2, 0.25) is 5.41 Å². The highest BCUT2D eigenvalue weighted by Gasteiger charge is 2.97. The number of benzene rings is 1. The summed E-state index contributed by atoms with van der Waals surface area (Å²) < 4.78 is 5.12. The maximum Gasteiger partial charge on any atom is 0.421 e. The molecule has 0 radical (unpaired) electrons. The van der Waals surface area contributed by atoms with Crippen molar-refractivity contribution in [3.05, 3.63) is 29.8 Å². The number of oxime groups is 2. The first-order valence-corrected chi connectivity index (χ1v) is 9.41. The van der Waals surface area contributed by atoms with E-state index in [2.05, 4.69) is 15.3 Å². The first kappa shape index (κ1) is 21.8. The fourth-order valence-corrected chi connectivity index (χ4v) is 3.85. The number of ether oxygens (including phenoxy) is 1. The average molecular weight is 422 g/mol. The predicted molar refractivity (Wildman–Crippen MR) is 111 cm³/mol. The Morgan fingerprint density at radius 2 is 1.61 bits per heavy atom. The van der Waals surface area contributed by atoms with Gasteiger partial charge in [-0.3, -0.25) is 4.79 Å². The number of amidine groups is 1. The van der Waals surface area contributed by atoms with E-state index in [4.69, 9.17) is 20.1 Å². The number of hydrogen-bond acceptors (Lipinski definition) is 10. The van der Waals surface area contributed by atoms with Crippen LogP contribution in [0.4, 0.5) is 0 Å². The van der Waals surface area contributed by atoms with Gasteiger partial charge in [-0.1, -0.05) is 10.3 Å². The van der Waals surface area contributed by atoms with Crippen molar-refractivity contribution in [2.75, 3.05) is 7.11 Å². The number of nitrogens with two attached hydrogens (primary N) is 1. The molecule has 1 heterocycles. The van der Waals surface area contributed by atoms with Crippen LogP contribution in [0.15, 0.2) is 39.6 Å². The molecule has 0 saturated heterocycles. The molecule has 1 saturated carbocycles. The molecule has 160 valence electrons. The Bertz CT molecular complexity index is 1070. The van der Waals surface area contributed by atoms with Crippen LogP contribution in [0.3, 0.4) is 0 Å². The van der Waals surface area contributed by atoms with Crippen LogP contribution in [0.5, 0.6) is 5.75 Å². The SMILES string of the molecule is COc1ccc(C(=O)[C@@H]2[C@]3(C#N)C(N)=NC(ON=C(C)C)(ON=C(C)C)[C@]23C#N)cc1. The molecule has 2 N–H and O–H groups in total. The summed E-state index contributed by atoms with van der Waals surface area (Å²) in [5.41, 5.74) is 3.76. The van der Waals surface area contributed by atoms with E-state index in [1.165, 1.54) is 7.11 Å². The lowest BCUT2D eigenvalue weighted by Gasteiger charge is -2.27. The number of carbonyl (C=O) groups is 1. The van der Waals surface area contributed by atoms with Crippen LogP contribution in [-0.4, -0.2) is 36.1 Å². The molecule has 0 spiro atoms. The van der Waals surface area contributed by atoms with Gasteiger partial charge in [-0.05, 0) is 52.0 Å². The van der Waals surface area contributed by atoms with Gasteiger partial charge in [0, 0.05) is 5.56 Å². The van der Waals surface area contributed by atoms with Gasteiger partial charge < -0.3 is 20.1 Å². The van der Waals surface area contributed by atoms with E-state index in [0.717, 1.165) is 0 Å². The summed E-state index contributed by atoms with van der Waals surface area (Å²) in [6.45, 7) is 6.64. The van der Waals surface area contributed by atoms with Crippen LogP contribution >= 0.6 is 0 Å². The molecule has 1 fully saturated rings. The molecule has 0 aromatic heterocycles. The van der Waals surface area contributed by atoms with Crippen molar-refractivity contribution in [3.63, 3.8) is 0 Å². The van der Waals surface area contributed by atoms with E-state index in [0.29, 0.717) is 17.2 Å².